The molecule has 0 radical (unpaired) electrons. The summed E-state index contributed by atoms with van der Waals surface area (Å²) in [6, 6.07) is 14.8. The number of nitrogens with zero attached hydrogens (tertiary/aromatic N) is 2. The van der Waals surface area contributed by atoms with Crippen molar-refractivity contribution in [3.05, 3.63) is 70.3 Å². The Morgan fingerprint density at radius 2 is 1.81 bits per heavy atom. The predicted molar refractivity (Wildman–Crippen MR) is 125 cm³/mol. The maximum atomic E-state index is 12.4. The largest absolute Gasteiger partial charge is 0.484 e. The molecule has 3 aliphatic carbocycles. The minimum absolute atomic E-state index is 0.0184. The van der Waals surface area contributed by atoms with Crippen molar-refractivity contribution in [2.75, 3.05) is 11.9 Å². The number of aryl methyl sites for hydroxylation is 1. The van der Waals surface area contributed by atoms with Gasteiger partial charge in [-0.1, -0.05) is 35.3 Å². The van der Waals surface area contributed by atoms with Gasteiger partial charge in [0.1, 0.15) is 5.75 Å². The van der Waals surface area contributed by atoms with Gasteiger partial charge >= 0.3 is 0 Å². The summed E-state index contributed by atoms with van der Waals surface area (Å²) in [6.07, 6.45) is 4.29. The Bertz CT molecular complexity index is 1160. The summed E-state index contributed by atoms with van der Waals surface area (Å²) in [7, 11) is 0. The maximum Gasteiger partial charge on any atom is 0.258 e. The molecule has 8 heteroatoms. The molecule has 2 bridgehead atoms. The van der Waals surface area contributed by atoms with Crippen molar-refractivity contribution in [1.29, 1.82) is 0 Å². The lowest BCUT2D eigenvalue weighted by molar-refractivity contribution is -0.135. The molecule has 164 valence electrons. The number of hydrogen-bond acceptors (Lipinski definition) is 5. The molecule has 0 aliphatic heterocycles. The fourth-order valence-corrected chi connectivity index (χ4v) is 4.92. The summed E-state index contributed by atoms with van der Waals surface area (Å²) in [4.78, 5) is 21.4. The van der Waals surface area contributed by atoms with Gasteiger partial charge in [-0.3, -0.25) is 4.79 Å². The van der Waals surface area contributed by atoms with Crippen LogP contribution in [0, 0.1) is 6.92 Å². The summed E-state index contributed by atoms with van der Waals surface area (Å²) in [5.41, 5.74) is 2.52. The van der Waals surface area contributed by atoms with Gasteiger partial charge in [0.2, 0.25) is 5.95 Å². The predicted octanol–water partition coefficient (Wildman–Crippen LogP) is 5.04. The normalized spacial score (nSPS) is 23.0. The van der Waals surface area contributed by atoms with Gasteiger partial charge in [-0.25, -0.2) is 9.97 Å². The molecular formula is C24H22Cl2N4O2. The number of carbonyl (C=O) groups excluding carboxylic acids is 1. The van der Waals surface area contributed by atoms with Crippen LogP contribution in [0.15, 0.2) is 54.7 Å². The van der Waals surface area contributed by atoms with Gasteiger partial charge < -0.3 is 15.4 Å². The first-order valence-corrected chi connectivity index (χ1v) is 11.2. The first-order valence-electron chi connectivity index (χ1n) is 10.4. The monoisotopic (exact) mass is 468 g/mol. The highest BCUT2D eigenvalue weighted by Crippen LogP contribution is 2.61. The van der Waals surface area contributed by atoms with Crippen LogP contribution in [0.25, 0.3) is 11.3 Å². The van der Waals surface area contributed by atoms with Gasteiger partial charge in [-0.05, 0) is 68.1 Å². The molecule has 2 aromatic carbocycles. The fraction of sp³-hybridized carbons (Fsp3) is 0.292. The minimum atomic E-state index is -0.156. The zero-order chi connectivity index (χ0) is 22.3. The summed E-state index contributed by atoms with van der Waals surface area (Å²) < 4.78 is 5.60. The Kier molecular flexibility index (Phi) is 5.22. The van der Waals surface area contributed by atoms with Gasteiger partial charge in [0, 0.05) is 32.9 Å². The number of nitrogens with one attached hydrogen (secondary N) is 2. The molecule has 6 nitrogen and oxygen atoms in total. The molecule has 0 saturated heterocycles. The van der Waals surface area contributed by atoms with Gasteiger partial charge in [0.15, 0.2) is 6.61 Å². The van der Waals surface area contributed by atoms with Crippen molar-refractivity contribution < 1.29 is 9.53 Å². The Morgan fingerprint density at radius 3 is 2.53 bits per heavy atom. The van der Waals surface area contributed by atoms with E-state index in [1.807, 2.05) is 43.3 Å². The van der Waals surface area contributed by atoms with E-state index in [0.717, 1.165) is 36.1 Å². The van der Waals surface area contributed by atoms with Crippen LogP contribution in [0.1, 0.15) is 24.8 Å². The average molecular weight is 469 g/mol. The molecule has 32 heavy (non-hydrogen) atoms. The van der Waals surface area contributed by atoms with E-state index in [4.69, 9.17) is 27.9 Å². The molecule has 2 N–H and O–H groups in total. The van der Waals surface area contributed by atoms with Crippen molar-refractivity contribution in [3.63, 3.8) is 0 Å². The van der Waals surface area contributed by atoms with E-state index in [1.54, 1.807) is 18.3 Å². The van der Waals surface area contributed by atoms with Crippen molar-refractivity contribution in [2.24, 2.45) is 0 Å². The quantitative estimate of drug-likeness (QED) is 0.507. The molecule has 3 fully saturated rings. The molecule has 3 aliphatic rings. The number of benzene rings is 2. The molecule has 0 spiro atoms. The van der Waals surface area contributed by atoms with Gasteiger partial charge in [-0.15, -0.1) is 0 Å². The molecule has 1 heterocycles. The van der Waals surface area contributed by atoms with Crippen molar-refractivity contribution in [3.8, 4) is 17.0 Å². The average Bonchev–Trinajstić information content (AvgIpc) is 2.73. The van der Waals surface area contributed by atoms with Crippen LogP contribution < -0.4 is 15.4 Å². The van der Waals surface area contributed by atoms with Gasteiger partial charge in [-0.2, -0.15) is 0 Å². The molecule has 6 rings (SSSR count). The smallest absolute Gasteiger partial charge is 0.258 e. The number of halogens is 2. The van der Waals surface area contributed by atoms with E-state index in [0.29, 0.717) is 21.7 Å². The van der Waals surface area contributed by atoms with Crippen molar-refractivity contribution in [2.45, 2.75) is 37.3 Å². The molecule has 3 saturated carbocycles. The zero-order valence-corrected chi connectivity index (χ0v) is 19.0. The second-order valence-corrected chi connectivity index (χ2v) is 9.58. The zero-order valence-electron chi connectivity index (χ0n) is 17.5. The second-order valence-electron chi connectivity index (χ2n) is 8.74. The van der Waals surface area contributed by atoms with E-state index in [1.165, 1.54) is 0 Å². The van der Waals surface area contributed by atoms with Crippen LogP contribution in [0.3, 0.4) is 0 Å². The summed E-state index contributed by atoms with van der Waals surface area (Å²) in [6.45, 7) is 1.88. The number of anilines is 1. The number of carbonyl (C=O) groups is 1. The number of ether oxygens (including phenoxy) is 1. The molecular weight excluding hydrogens is 447 g/mol. The van der Waals surface area contributed by atoms with E-state index in [9.17, 15) is 4.79 Å². The Morgan fingerprint density at radius 1 is 1.06 bits per heavy atom. The third-order valence-corrected chi connectivity index (χ3v) is 6.78. The van der Waals surface area contributed by atoms with E-state index >= 15 is 0 Å². The first-order chi connectivity index (χ1) is 15.3. The van der Waals surface area contributed by atoms with E-state index in [2.05, 4.69) is 20.6 Å². The lowest BCUT2D eigenvalue weighted by Gasteiger charge is -2.70. The highest BCUT2D eigenvalue weighted by atomic mass is 35.5. The van der Waals surface area contributed by atoms with E-state index in [-0.39, 0.29) is 23.6 Å². The van der Waals surface area contributed by atoms with Crippen molar-refractivity contribution in [1.82, 2.24) is 15.3 Å². The molecule has 0 unspecified atom stereocenters. The summed E-state index contributed by atoms with van der Waals surface area (Å²) in [5, 5.41) is 7.96. The van der Waals surface area contributed by atoms with Crippen LogP contribution in [0.2, 0.25) is 10.0 Å². The number of amides is 1. The SMILES string of the molecule is Cc1cc(OCC(=O)NC23CC(Nc4nccc(-c5ccc(Cl)cc5)n4)(C2)C3)ccc1Cl. The second kappa shape index (κ2) is 7.94. The summed E-state index contributed by atoms with van der Waals surface area (Å²) >= 11 is 12.0. The Labute approximate surface area is 196 Å². The molecule has 1 amide bonds. The topological polar surface area (TPSA) is 76.1 Å². The molecule has 1 aromatic heterocycles. The van der Waals surface area contributed by atoms with Gasteiger partial charge in [0.05, 0.1) is 5.69 Å². The van der Waals surface area contributed by atoms with E-state index < -0.39 is 0 Å². The van der Waals surface area contributed by atoms with Crippen LogP contribution in [-0.4, -0.2) is 33.6 Å². The standard InChI is InChI=1S/C24H22Cl2N4O2/c1-15-10-18(6-7-19(15)26)32-11-21(31)29-23-12-24(13-23,14-23)30-22-27-9-8-20(28-22)16-2-4-17(25)5-3-16/h2-10H,11-14H2,1H3,(H,29,31)(H,27,28,30). The van der Waals surface area contributed by atoms with Crippen LogP contribution in [0.4, 0.5) is 5.95 Å². The third kappa shape index (κ3) is 4.12. The number of rotatable bonds is 7. The number of aromatic nitrogens is 2. The van der Waals surface area contributed by atoms with Crippen LogP contribution >= 0.6 is 23.2 Å². The lowest BCUT2D eigenvalue weighted by atomic mass is 9.44. The first kappa shape index (κ1) is 21.0. The highest BCUT2D eigenvalue weighted by Gasteiger charge is 2.69. The fourth-order valence-electron chi connectivity index (χ4n) is 4.68. The Balaban J connectivity index is 1.13. The van der Waals surface area contributed by atoms with Crippen molar-refractivity contribution >= 4 is 35.1 Å². The molecule has 3 aromatic rings. The lowest BCUT2D eigenvalue weighted by Crippen LogP contribution is -2.81. The Hall–Kier alpha value is -2.83. The maximum absolute atomic E-state index is 12.4. The minimum Gasteiger partial charge on any atom is -0.484 e. The third-order valence-electron chi connectivity index (χ3n) is 6.11. The molecule has 0 atom stereocenters. The van der Waals surface area contributed by atoms with Gasteiger partial charge in [0.25, 0.3) is 5.91 Å². The van der Waals surface area contributed by atoms with Crippen LogP contribution in [0.5, 0.6) is 5.75 Å². The number of hydrogen-bond donors (Lipinski definition) is 2. The highest BCUT2D eigenvalue weighted by molar-refractivity contribution is 6.31. The summed E-state index contributed by atoms with van der Waals surface area (Å²) in [5.74, 6) is 1.11. The van der Waals surface area contributed by atoms with Crippen LogP contribution in [-0.2, 0) is 4.79 Å².